The van der Waals surface area contributed by atoms with Crippen LogP contribution < -0.4 is 4.74 Å². The van der Waals surface area contributed by atoms with Gasteiger partial charge in [0.2, 0.25) is 10.0 Å². The Morgan fingerprint density at radius 3 is 2.54 bits per heavy atom. The second-order valence-electron chi connectivity index (χ2n) is 6.16. The summed E-state index contributed by atoms with van der Waals surface area (Å²) in [4.78, 5) is 0.182. The number of nitrogens with zero attached hydrogens (tertiary/aromatic N) is 1. The lowest BCUT2D eigenvalue weighted by molar-refractivity contribution is 0.335. The fourth-order valence-electron chi connectivity index (χ4n) is 2.96. The molecule has 136 valence electrons. The summed E-state index contributed by atoms with van der Waals surface area (Å²) in [5, 5.41) is 0. The smallest absolute Gasteiger partial charge is 0.243 e. The van der Waals surface area contributed by atoms with E-state index in [2.05, 4.69) is 0 Å². The summed E-state index contributed by atoms with van der Waals surface area (Å²) in [7, 11) is -5.36. The molecule has 1 aliphatic heterocycles. The van der Waals surface area contributed by atoms with Gasteiger partial charge in [0, 0.05) is 12.6 Å². The van der Waals surface area contributed by atoms with Gasteiger partial charge in [0.15, 0.2) is 9.84 Å². The Morgan fingerprint density at radius 2 is 2.04 bits per heavy atom. The molecule has 8 heteroatoms. The Hall–Kier alpha value is -1.12. The minimum absolute atomic E-state index is 0.0530. The maximum absolute atomic E-state index is 13.1. The van der Waals surface area contributed by atoms with Crippen molar-refractivity contribution >= 4 is 19.9 Å². The zero-order valence-electron chi connectivity index (χ0n) is 14.4. The van der Waals surface area contributed by atoms with Crippen LogP contribution in [0.25, 0.3) is 0 Å². The van der Waals surface area contributed by atoms with Gasteiger partial charge in [-0.15, -0.1) is 0 Å². The van der Waals surface area contributed by atoms with Crippen LogP contribution in [-0.2, 0) is 19.9 Å². The molecule has 0 amide bonds. The largest absolute Gasteiger partial charge is 0.496 e. The molecule has 0 spiro atoms. The molecule has 1 aromatic rings. The number of hydrogen-bond donors (Lipinski definition) is 0. The number of rotatable bonds is 7. The molecular formula is C16H25NO5S2. The van der Waals surface area contributed by atoms with Gasteiger partial charge in [0.05, 0.1) is 23.5 Å². The molecule has 0 unspecified atom stereocenters. The predicted octanol–water partition coefficient (Wildman–Crippen LogP) is 1.98. The quantitative estimate of drug-likeness (QED) is 0.728. The van der Waals surface area contributed by atoms with Gasteiger partial charge < -0.3 is 4.74 Å². The third kappa shape index (κ3) is 4.10. The fraction of sp³-hybridized carbons (Fsp3) is 0.625. The van der Waals surface area contributed by atoms with Crippen LogP contribution in [0.4, 0.5) is 0 Å². The molecule has 1 fully saturated rings. The van der Waals surface area contributed by atoms with Gasteiger partial charge in [-0.3, -0.25) is 0 Å². The van der Waals surface area contributed by atoms with E-state index in [1.807, 2.05) is 6.92 Å². The molecule has 1 heterocycles. The first-order chi connectivity index (χ1) is 11.2. The average molecular weight is 376 g/mol. The third-order valence-corrected chi connectivity index (χ3v) is 8.02. The van der Waals surface area contributed by atoms with Crippen molar-refractivity contribution in [1.82, 2.24) is 4.31 Å². The zero-order valence-corrected chi connectivity index (χ0v) is 16.0. The minimum Gasteiger partial charge on any atom is -0.496 e. The summed E-state index contributed by atoms with van der Waals surface area (Å²) in [6.45, 7) is 4.10. The lowest BCUT2D eigenvalue weighted by Gasteiger charge is -2.27. The summed E-state index contributed by atoms with van der Waals surface area (Å²) < 4.78 is 56.3. The Balaban J connectivity index is 2.38. The summed E-state index contributed by atoms with van der Waals surface area (Å²) in [6.07, 6.45) is 1.90. The first kappa shape index (κ1) is 19.2. The number of hydrogen-bond acceptors (Lipinski definition) is 5. The van der Waals surface area contributed by atoms with Crippen molar-refractivity contribution in [1.29, 1.82) is 0 Å². The third-order valence-electron chi connectivity index (χ3n) is 4.32. The van der Waals surface area contributed by atoms with Gasteiger partial charge in [0.1, 0.15) is 5.75 Å². The molecule has 24 heavy (non-hydrogen) atoms. The van der Waals surface area contributed by atoms with E-state index in [-0.39, 0.29) is 16.4 Å². The number of sulfone groups is 1. The summed E-state index contributed by atoms with van der Waals surface area (Å²) in [6, 6.07) is 4.25. The van der Waals surface area contributed by atoms with E-state index in [9.17, 15) is 16.8 Å². The lowest BCUT2D eigenvalue weighted by atomic mass is 10.2. The SMILES string of the molecule is CCCCN([C@@H]1CCS(=O)(=O)C1)S(=O)(=O)c1ccc(OC)c(C)c1. The summed E-state index contributed by atoms with van der Waals surface area (Å²) >= 11 is 0. The number of sulfonamides is 1. The first-order valence-electron chi connectivity index (χ1n) is 8.08. The van der Waals surface area contributed by atoms with Crippen molar-refractivity contribution in [2.45, 2.75) is 44.0 Å². The molecule has 0 saturated carbocycles. The number of benzene rings is 1. The molecule has 0 aliphatic carbocycles. The van der Waals surface area contributed by atoms with Gasteiger partial charge in [0.25, 0.3) is 0 Å². The van der Waals surface area contributed by atoms with Crippen LogP contribution in [0.1, 0.15) is 31.7 Å². The molecule has 0 radical (unpaired) electrons. The van der Waals surface area contributed by atoms with Crippen LogP contribution in [0.5, 0.6) is 5.75 Å². The van der Waals surface area contributed by atoms with E-state index >= 15 is 0 Å². The van der Waals surface area contributed by atoms with Crippen LogP contribution in [0.2, 0.25) is 0 Å². The van der Waals surface area contributed by atoms with E-state index in [1.165, 1.54) is 17.5 Å². The van der Waals surface area contributed by atoms with Gasteiger partial charge >= 0.3 is 0 Å². The van der Waals surface area contributed by atoms with E-state index in [1.54, 1.807) is 19.1 Å². The van der Waals surface area contributed by atoms with E-state index in [4.69, 9.17) is 4.74 Å². The topological polar surface area (TPSA) is 80.8 Å². The number of ether oxygens (including phenoxy) is 1. The number of methoxy groups -OCH3 is 1. The molecule has 1 saturated heterocycles. The van der Waals surface area contributed by atoms with Crippen molar-refractivity contribution in [2.75, 3.05) is 25.2 Å². The standard InChI is InChI=1S/C16H25NO5S2/c1-4-5-9-17(14-8-10-23(18,19)12-14)24(20,21)15-6-7-16(22-3)13(2)11-15/h6-7,11,14H,4-5,8-10,12H2,1-3H3/t14-/m1/s1. The van der Waals surface area contributed by atoms with E-state index in [0.29, 0.717) is 25.1 Å². The number of unbranched alkanes of at least 4 members (excludes halogenated alkanes) is 1. The van der Waals surface area contributed by atoms with Crippen molar-refractivity contribution in [3.63, 3.8) is 0 Å². The molecule has 6 nitrogen and oxygen atoms in total. The predicted molar refractivity (Wildman–Crippen MR) is 93.6 cm³/mol. The van der Waals surface area contributed by atoms with Crippen LogP contribution in [0.15, 0.2) is 23.1 Å². The molecule has 0 N–H and O–H groups in total. The van der Waals surface area contributed by atoms with E-state index in [0.717, 1.165) is 12.0 Å². The Bertz CT molecular complexity index is 787. The second-order valence-corrected chi connectivity index (χ2v) is 10.3. The monoisotopic (exact) mass is 375 g/mol. The average Bonchev–Trinajstić information content (AvgIpc) is 2.87. The van der Waals surface area contributed by atoms with Gasteiger partial charge in [-0.25, -0.2) is 16.8 Å². The molecule has 1 aliphatic rings. The Labute approximate surface area is 144 Å². The second kappa shape index (κ2) is 7.41. The Morgan fingerprint density at radius 1 is 1.33 bits per heavy atom. The molecular weight excluding hydrogens is 350 g/mol. The van der Waals surface area contributed by atoms with Gasteiger partial charge in [-0.05, 0) is 43.5 Å². The fourth-order valence-corrected chi connectivity index (χ4v) is 6.57. The lowest BCUT2D eigenvalue weighted by Crippen LogP contribution is -2.41. The molecule has 0 aromatic heterocycles. The van der Waals surface area contributed by atoms with Crippen molar-refractivity contribution in [3.05, 3.63) is 23.8 Å². The molecule has 0 bridgehead atoms. The molecule has 1 atom stereocenters. The van der Waals surface area contributed by atoms with Crippen molar-refractivity contribution < 1.29 is 21.6 Å². The van der Waals surface area contributed by atoms with Gasteiger partial charge in [-0.2, -0.15) is 4.31 Å². The van der Waals surface area contributed by atoms with Crippen molar-refractivity contribution in [3.8, 4) is 5.75 Å². The highest BCUT2D eigenvalue weighted by Crippen LogP contribution is 2.28. The van der Waals surface area contributed by atoms with Gasteiger partial charge in [-0.1, -0.05) is 13.3 Å². The molecule has 1 aromatic carbocycles. The summed E-state index contributed by atoms with van der Waals surface area (Å²) in [5.41, 5.74) is 0.730. The minimum atomic E-state index is -3.74. The maximum Gasteiger partial charge on any atom is 0.243 e. The summed E-state index contributed by atoms with van der Waals surface area (Å²) in [5.74, 6) is 0.584. The van der Waals surface area contributed by atoms with Crippen molar-refractivity contribution in [2.24, 2.45) is 0 Å². The Kier molecular flexibility index (Phi) is 5.93. The number of aryl methyl sites for hydroxylation is 1. The van der Waals surface area contributed by atoms with Crippen LogP contribution in [0, 0.1) is 6.92 Å². The molecule has 2 rings (SSSR count). The van der Waals surface area contributed by atoms with Crippen LogP contribution in [-0.4, -0.2) is 52.3 Å². The van der Waals surface area contributed by atoms with Crippen LogP contribution >= 0.6 is 0 Å². The van der Waals surface area contributed by atoms with E-state index < -0.39 is 25.9 Å². The normalized spacial score (nSPS) is 20.4. The van der Waals surface area contributed by atoms with Crippen LogP contribution in [0.3, 0.4) is 0 Å². The highest BCUT2D eigenvalue weighted by Gasteiger charge is 2.38. The maximum atomic E-state index is 13.1. The zero-order chi connectivity index (χ0) is 18.0. The highest BCUT2D eigenvalue weighted by molar-refractivity contribution is 7.92. The first-order valence-corrected chi connectivity index (χ1v) is 11.3. The highest BCUT2D eigenvalue weighted by atomic mass is 32.2.